The number of nitrogens with zero attached hydrogens (tertiary/aromatic N) is 3. The van der Waals surface area contributed by atoms with Gasteiger partial charge in [-0.15, -0.1) is 0 Å². The highest BCUT2D eigenvalue weighted by Crippen LogP contribution is 2.27. The fraction of sp³-hybridized carbons (Fsp3) is 0.364. The first-order valence-electron chi connectivity index (χ1n) is 10.1. The summed E-state index contributed by atoms with van der Waals surface area (Å²) in [5, 5.41) is 0. The lowest BCUT2D eigenvalue weighted by Crippen LogP contribution is -2.44. The van der Waals surface area contributed by atoms with E-state index in [-0.39, 0.29) is 19.1 Å². The Labute approximate surface area is 174 Å². The van der Waals surface area contributed by atoms with Gasteiger partial charge in [0.15, 0.2) is 0 Å². The smallest absolute Gasteiger partial charge is 0.334 e. The van der Waals surface area contributed by atoms with Crippen LogP contribution in [0.25, 0.3) is 0 Å². The zero-order valence-corrected chi connectivity index (χ0v) is 16.5. The fourth-order valence-corrected chi connectivity index (χ4v) is 4.01. The SMILES string of the molecule is O=C(CN1C(=O)C(=O)N(C2CCCC2)C1=O)N(Cc1ccccc1)Cc1ccco1. The second-order valence-electron chi connectivity index (χ2n) is 7.60. The summed E-state index contributed by atoms with van der Waals surface area (Å²) in [4.78, 5) is 54.0. The zero-order chi connectivity index (χ0) is 21.1. The average Bonchev–Trinajstić information content (AvgIpc) is 3.49. The van der Waals surface area contributed by atoms with Crippen molar-refractivity contribution in [1.29, 1.82) is 0 Å². The van der Waals surface area contributed by atoms with Crippen LogP contribution in [0.4, 0.5) is 4.79 Å². The molecule has 4 rings (SSSR count). The highest BCUT2D eigenvalue weighted by molar-refractivity contribution is 6.45. The molecule has 0 N–H and O–H groups in total. The van der Waals surface area contributed by atoms with E-state index >= 15 is 0 Å². The number of rotatable bonds is 7. The summed E-state index contributed by atoms with van der Waals surface area (Å²) in [6.45, 7) is 0.00822. The van der Waals surface area contributed by atoms with Crippen molar-refractivity contribution in [3.63, 3.8) is 0 Å². The predicted octanol–water partition coefficient (Wildman–Crippen LogP) is 2.54. The van der Waals surface area contributed by atoms with Crippen LogP contribution < -0.4 is 0 Å². The van der Waals surface area contributed by atoms with Crippen molar-refractivity contribution < 1.29 is 23.6 Å². The highest BCUT2D eigenvalue weighted by Gasteiger charge is 2.48. The summed E-state index contributed by atoms with van der Waals surface area (Å²) in [5.41, 5.74) is 0.903. The minimum atomic E-state index is -0.932. The van der Waals surface area contributed by atoms with Gasteiger partial charge >= 0.3 is 17.8 Å². The van der Waals surface area contributed by atoms with Crippen LogP contribution in [0.15, 0.2) is 53.1 Å². The van der Waals surface area contributed by atoms with Gasteiger partial charge in [-0.1, -0.05) is 43.2 Å². The molecule has 2 aromatic rings. The Bertz CT molecular complexity index is 935. The van der Waals surface area contributed by atoms with Crippen molar-refractivity contribution in [2.75, 3.05) is 6.54 Å². The molecule has 2 fully saturated rings. The van der Waals surface area contributed by atoms with Gasteiger partial charge in [0.2, 0.25) is 5.91 Å². The third kappa shape index (κ3) is 3.98. The Balaban J connectivity index is 1.50. The van der Waals surface area contributed by atoms with Crippen molar-refractivity contribution in [3.8, 4) is 0 Å². The number of imide groups is 2. The molecule has 156 valence electrons. The molecule has 0 unspecified atom stereocenters. The fourth-order valence-electron chi connectivity index (χ4n) is 4.01. The molecule has 2 aliphatic rings. The van der Waals surface area contributed by atoms with Gasteiger partial charge in [0, 0.05) is 12.6 Å². The van der Waals surface area contributed by atoms with Crippen LogP contribution in [-0.4, -0.2) is 51.0 Å². The Morgan fingerprint density at radius 3 is 2.37 bits per heavy atom. The van der Waals surface area contributed by atoms with Crippen molar-refractivity contribution >= 4 is 23.8 Å². The normalized spacial score (nSPS) is 17.3. The molecule has 0 radical (unpaired) electrons. The number of hydrogen-bond acceptors (Lipinski definition) is 5. The van der Waals surface area contributed by atoms with E-state index in [1.54, 1.807) is 12.1 Å². The van der Waals surface area contributed by atoms with Gasteiger partial charge in [-0.2, -0.15) is 0 Å². The molecule has 2 heterocycles. The highest BCUT2D eigenvalue weighted by atomic mass is 16.3. The van der Waals surface area contributed by atoms with Crippen LogP contribution in [-0.2, 0) is 27.5 Å². The van der Waals surface area contributed by atoms with Gasteiger partial charge in [0.05, 0.1) is 12.8 Å². The maximum Gasteiger partial charge on any atom is 0.334 e. The van der Waals surface area contributed by atoms with Gasteiger partial charge in [-0.05, 0) is 30.5 Å². The van der Waals surface area contributed by atoms with Crippen molar-refractivity contribution in [2.45, 2.75) is 44.8 Å². The number of carbonyl (C=O) groups excluding carboxylic acids is 4. The van der Waals surface area contributed by atoms with Gasteiger partial charge in [0.1, 0.15) is 12.3 Å². The van der Waals surface area contributed by atoms with Crippen LogP contribution in [0.3, 0.4) is 0 Å². The van der Waals surface area contributed by atoms with E-state index < -0.39 is 30.3 Å². The standard InChI is InChI=1S/C22H23N3O5/c26-19(15-24-20(27)21(28)25(22(24)29)17-9-4-5-10-17)23(14-18-11-6-12-30-18)13-16-7-2-1-3-8-16/h1-3,6-8,11-12,17H,4-5,9-10,13-15H2. The first kappa shape index (κ1) is 19.9. The molecule has 1 saturated heterocycles. The Kier molecular flexibility index (Phi) is 5.65. The molecule has 8 nitrogen and oxygen atoms in total. The molecular formula is C22H23N3O5. The zero-order valence-electron chi connectivity index (χ0n) is 16.5. The number of amides is 5. The first-order valence-corrected chi connectivity index (χ1v) is 10.1. The minimum absolute atomic E-state index is 0.192. The van der Waals surface area contributed by atoms with Crippen molar-refractivity contribution in [2.24, 2.45) is 0 Å². The van der Waals surface area contributed by atoms with Crippen LogP contribution in [0.1, 0.15) is 37.0 Å². The number of carbonyl (C=O) groups is 4. The van der Waals surface area contributed by atoms with Crippen molar-refractivity contribution in [3.05, 3.63) is 60.1 Å². The molecule has 5 amide bonds. The Morgan fingerprint density at radius 2 is 1.70 bits per heavy atom. The Hall–Kier alpha value is -3.42. The molecular weight excluding hydrogens is 386 g/mol. The quantitative estimate of drug-likeness (QED) is 0.518. The average molecular weight is 409 g/mol. The predicted molar refractivity (Wildman–Crippen MR) is 106 cm³/mol. The van der Waals surface area contributed by atoms with Crippen LogP contribution >= 0.6 is 0 Å². The van der Waals surface area contributed by atoms with Gasteiger partial charge in [0.25, 0.3) is 0 Å². The van der Waals surface area contributed by atoms with E-state index in [1.807, 2.05) is 30.3 Å². The molecule has 1 saturated carbocycles. The lowest BCUT2D eigenvalue weighted by atomic mass is 10.2. The molecule has 8 heteroatoms. The summed E-state index contributed by atoms with van der Waals surface area (Å²) in [5.74, 6) is -1.61. The molecule has 30 heavy (non-hydrogen) atoms. The molecule has 1 aliphatic carbocycles. The minimum Gasteiger partial charge on any atom is -0.467 e. The molecule has 0 bridgehead atoms. The second kappa shape index (κ2) is 8.52. The van der Waals surface area contributed by atoms with Crippen LogP contribution in [0, 0.1) is 0 Å². The number of benzene rings is 1. The van der Waals surface area contributed by atoms with Crippen molar-refractivity contribution in [1.82, 2.24) is 14.7 Å². The van der Waals surface area contributed by atoms with E-state index in [2.05, 4.69) is 0 Å². The number of furan rings is 1. The van der Waals surface area contributed by atoms with E-state index in [0.29, 0.717) is 18.6 Å². The molecule has 1 aromatic heterocycles. The van der Waals surface area contributed by atoms with E-state index in [4.69, 9.17) is 4.42 Å². The first-order chi connectivity index (χ1) is 14.5. The molecule has 1 aromatic carbocycles. The van der Waals surface area contributed by atoms with Gasteiger partial charge in [-0.25, -0.2) is 9.69 Å². The largest absolute Gasteiger partial charge is 0.467 e. The molecule has 1 aliphatic heterocycles. The topological polar surface area (TPSA) is 91.1 Å². The third-order valence-corrected chi connectivity index (χ3v) is 5.56. The number of hydrogen-bond donors (Lipinski definition) is 0. The van der Waals surface area contributed by atoms with Gasteiger partial charge in [-0.3, -0.25) is 19.3 Å². The molecule has 0 spiro atoms. The summed E-state index contributed by atoms with van der Waals surface area (Å²) in [6.07, 6.45) is 4.76. The Morgan fingerprint density at radius 1 is 0.967 bits per heavy atom. The number of urea groups is 1. The summed E-state index contributed by atoms with van der Waals surface area (Å²) in [6, 6.07) is 11.9. The lowest BCUT2D eigenvalue weighted by Gasteiger charge is -2.25. The summed E-state index contributed by atoms with van der Waals surface area (Å²) in [7, 11) is 0. The monoisotopic (exact) mass is 409 g/mol. The van der Waals surface area contributed by atoms with Gasteiger partial charge < -0.3 is 9.32 Å². The summed E-state index contributed by atoms with van der Waals surface area (Å²) >= 11 is 0. The lowest BCUT2D eigenvalue weighted by molar-refractivity contribution is -0.145. The van der Waals surface area contributed by atoms with Crippen LogP contribution in [0.2, 0.25) is 0 Å². The molecule has 0 atom stereocenters. The van der Waals surface area contributed by atoms with E-state index in [0.717, 1.165) is 28.2 Å². The van der Waals surface area contributed by atoms with E-state index in [1.165, 1.54) is 11.2 Å². The third-order valence-electron chi connectivity index (χ3n) is 5.56. The second-order valence-corrected chi connectivity index (χ2v) is 7.60. The van der Waals surface area contributed by atoms with Crippen LogP contribution in [0.5, 0.6) is 0 Å². The van der Waals surface area contributed by atoms with E-state index in [9.17, 15) is 19.2 Å². The summed E-state index contributed by atoms with van der Waals surface area (Å²) < 4.78 is 5.36. The maximum atomic E-state index is 13.1. The maximum absolute atomic E-state index is 13.1.